The van der Waals surface area contributed by atoms with Gasteiger partial charge < -0.3 is 4.90 Å². The molecule has 1 aromatic carbocycles. The predicted octanol–water partition coefficient (Wildman–Crippen LogP) is 4.20. The van der Waals surface area contributed by atoms with Crippen LogP contribution in [0.3, 0.4) is 0 Å². The summed E-state index contributed by atoms with van der Waals surface area (Å²) in [7, 11) is -3.68. The fourth-order valence-corrected chi connectivity index (χ4v) is 6.17. The topological polar surface area (TPSA) is 66.5 Å². The van der Waals surface area contributed by atoms with Crippen molar-refractivity contribution in [2.24, 2.45) is 5.92 Å². The number of carbonyl (C=O) groups excluding carboxylic acids is 1. The molecule has 1 aliphatic heterocycles. The highest BCUT2D eigenvalue weighted by Gasteiger charge is 2.32. The van der Waals surface area contributed by atoms with Crippen LogP contribution in [0.25, 0.3) is 0 Å². The van der Waals surface area contributed by atoms with Gasteiger partial charge in [-0.25, -0.2) is 8.42 Å². The largest absolute Gasteiger partial charge is 0.338 e. The van der Waals surface area contributed by atoms with Crippen LogP contribution in [0.2, 0.25) is 5.02 Å². The van der Waals surface area contributed by atoms with E-state index in [-0.39, 0.29) is 16.0 Å². The van der Waals surface area contributed by atoms with E-state index in [2.05, 4.69) is 4.72 Å². The van der Waals surface area contributed by atoms with Gasteiger partial charge in [-0.05, 0) is 55.5 Å². The molecular weight excluding hydrogens is 404 g/mol. The molecule has 8 heteroatoms. The molecule has 1 fully saturated rings. The van der Waals surface area contributed by atoms with Gasteiger partial charge in [-0.15, -0.1) is 11.3 Å². The lowest BCUT2D eigenvalue weighted by molar-refractivity contribution is -0.139. The van der Waals surface area contributed by atoms with Crippen LogP contribution < -0.4 is 4.72 Å². The first-order valence-corrected chi connectivity index (χ1v) is 11.7. The zero-order valence-corrected chi connectivity index (χ0v) is 17.4. The molecule has 2 heterocycles. The summed E-state index contributed by atoms with van der Waals surface area (Å²) in [6.45, 7) is 3.04. The van der Waals surface area contributed by atoms with Crippen molar-refractivity contribution in [3.05, 3.63) is 45.3 Å². The third kappa shape index (κ3) is 3.73. The molecule has 5 nitrogen and oxygen atoms in total. The summed E-state index contributed by atoms with van der Waals surface area (Å²) in [4.78, 5) is 15.4. The summed E-state index contributed by atoms with van der Waals surface area (Å²) in [5.41, 5.74) is 2.28. The summed E-state index contributed by atoms with van der Waals surface area (Å²) in [6, 6.07) is 6.80. The van der Waals surface area contributed by atoms with E-state index < -0.39 is 10.0 Å². The van der Waals surface area contributed by atoms with Crippen molar-refractivity contribution in [3.8, 4) is 0 Å². The Bertz CT molecular complexity index is 996. The van der Waals surface area contributed by atoms with E-state index in [9.17, 15) is 13.2 Å². The van der Waals surface area contributed by atoms with Gasteiger partial charge in [0.05, 0.1) is 5.69 Å². The van der Waals surface area contributed by atoms with Crippen LogP contribution >= 0.6 is 22.9 Å². The van der Waals surface area contributed by atoms with Gasteiger partial charge in [0, 0.05) is 28.9 Å². The molecule has 0 spiro atoms. The quantitative estimate of drug-likeness (QED) is 0.799. The Morgan fingerprint density at radius 1 is 1.30 bits per heavy atom. The molecule has 0 radical (unpaired) electrons. The first-order valence-electron chi connectivity index (χ1n) is 9.03. The molecule has 0 unspecified atom stereocenters. The molecule has 0 bridgehead atoms. The van der Waals surface area contributed by atoms with Crippen molar-refractivity contribution >= 4 is 44.6 Å². The van der Waals surface area contributed by atoms with E-state index in [4.69, 9.17) is 11.6 Å². The van der Waals surface area contributed by atoms with Crippen LogP contribution in [0.4, 0.5) is 5.69 Å². The average molecular weight is 425 g/mol. The van der Waals surface area contributed by atoms with Crippen molar-refractivity contribution in [3.63, 3.8) is 0 Å². The van der Waals surface area contributed by atoms with Crippen LogP contribution in [0.5, 0.6) is 0 Å². The first-order chi connectivity index (χ1) is 12.8. The van der Waals surface area contributed by atoms with Crippen molar-refractivity contribution < 1.29 is 13.2 Å². The van der Waals surface area contributed by atoms with Gasteiger partial charge in [-0.3, -0.25) is 9.52 Å². The number of hydrogen-bond donors (Lipinski definition) is 1. The van der Waals surface area contributed by atoms with Gasteiger partial charge in [-0.1, -0.05) is 24.1 Å². The highest BCUT2D eigenvalue weighted by Crippen LogP contribution is 2.35. The molecule has 1 aromatic heterocycles. The van der Waals surface area contributed by atoms with Crippen LogP contribution in [-0.2, 0) is 27.8 Å². The second-order valence-corrected chi connectivity index (χ2v) is 10.7. The number of nitrogens with one attached hydrogen (secondary N) is 1. The lowest BCUT2D eigenvalue weighted by atomic mass is 9.84. The molecule has 1 saturated carbocycles. The van der Waals surface area contributed by atoms with Crippen LogP contribution in [-0.4, -0.2) is 25.8 Å². The smallest absolute Gasteiger partial charge is 0.271 e. The number of hydrogen-bond acceptors (Lipinski definition) is 4. The number of amides is 1. The number of sulfonamides is 1. The van der Waals surface area contributed by atoms with Gasteiger partial charge >= 0.3 is 0 Å². The van der Waals surface area contributed by atoms with E-state index in [1.54, 1.807) is 24.3 Å². The minimum Gasteiger partial charge on any atom is -0.338 e. The second kappa shape index (κ2) is 7.11. The van der Waals surface area contributed by atoms with Crippen LogP contribution in [0.15, 0.2) is 28.5 Å². The number of fused-ring (bicyclic) bond motifs is 1. The number of nitrogens with zero attached hydrogens (tertiary/aromatic N) is 1. The molecule has 4 rings (SSSR count). The normalized spacial score (nSPS) is 17.3. The van der Waals surface area contributed by atoms with Gasteiger partial charge in [-0.2, -0.15) is 0 Å². The molecular formula is C19H21ClN2O3S2. The van der Waals surface area contributed by atoms with E-state index in [1.807, 2.05) is 11.8 Å². The Morgan fingerprint density at radius 2 is 2.07 bits per heavy atom. The summed E-state index contributed by atoms with van der Waals surface area (Å²) < 4.78 is 28.4. The standard InChI is InChI=1S/C19H21ClN2O3S2/c1-12-5-6-15(10-16(12)20)21-27(24,25)18-9-14-11-22(8-7-17(14)26-18)19(23)13-3-2-4-13/h5-6,9-10,13,21H,2-4,7-8,11H2,1H3. The summed E-state index contributed by atoms with van der Waals surface area (Å²) >= 11 is 7.38. The van der Waals surface area contributed by atoms with E-state index >= 15 is 0 Å². The van der Waals surface area contributed by atoms with Crippen LogP contribution in [0.1, 0.15) is 35.3 Å². The minimum atomic E-state index is -3.68. The Hall–Kier alpha value is -1.57. The van der Waals surface area contributed by atoms with Crippen molar-refractivity contribution in [1.29, 1.82) is 0 Å². The molecule has 0 atom stereocenters. The number of rotatable bonds is 4. The molecule has 1 amide bonds. The lowest BCUT2D eigenvalue weighted by Gasteiger charge is -2.33. The lowest BCUT2D eigenvalue weighted by Crippen LogP contribution is -2.41. The van der Waals surface area contributed by atoms with E-state index in [1.165, 1.54) is 11.3 Å². The Morgan fingerprint density at radius 3 is 2.74 bits per heavy atom. The second-order valence-electron chi connectivity index (χ2n) is 7.22. The fourth-order valence-electron chi connectivity index (χ4n) is 3.40. The third-order valence-corrected chi connectivity index (χ3v) is 8.80. The van der Waals surface area contributed by atoms with Crippen molar-refractivity contribution in [2.75, 3.05) is 11.3 Å². The number of carbonyl (C=O) groups is 1. The van der Waals surface area contributed by atoms with Gasteiger partial charge in [0.15, 0.2) is 0 Å². The number of thiophene rings is 1. The highest BCUT2D eigenvalue weighted by atomic mass is 35.5. The maximum Gasteiger partial charge on any atom is 0.271 e. The molecule has 27 heavy (non-hydrogen) atoms. The molecule has 2 aromatic rings. The maximum atomic E-state index is 12.8. The molecule has 2 aliphatic rings. The van der Waals surface area contributed by atoms with E-state index in [0.717, 1.165) is 35.3 Å². The Kier molecular flexibility index (Phi) is 4.94. The number of aryl methyl sites for hydroxylation is 1. The first kappa shape index (κ1) is 18.8. The number of anilines is 1. The van der Waals surface area contributed by atoms with Gasteiger partial charge in [0.2, 0.25) is 5.91 Å². The fraction of sp³-hybridized carbons (Fsp3) is 0.421. The Balaban J connectivity index is 1.52. The number of halogens is 1. The average Bonchev–Trinajstić information content (AvgIpc) is 3.00. The van der Waals surface area contributed by atoms with Gasteiger partial charge in [0.1, 0.15) is 4.21 Å². The zero-order valence-electron chi connectivity index (χ0n) is 15.0. The highest BCUT2D eigenvalue weighted by molar-refractivity contribution is 7.94. The summed E-state index contributed by atoms with van der Waals surface area (Å²) in [5.74, 6) is 0.385. The number of benzene rings is 1. The SMILES string of the molecule is Cc1ccc(NS(=O)(=O)c2cc3c(s2)CCN(C(=O)C2CCC2)C3)cc1Cl. The van der Waals surface area contributed by atoms with E-state index in [0.29, 0.717) is 30.2 Å². The molecule has 1 N–H and O–H groups in total. The monoisotopic (exact) mass is 424 g/mol. The minimum absolute atomic E-state index is 0.168. The molecule has 144 valence electrons. The predicted molar refractivity (Wildman–Crippen MR) is 108 cm³/mol. The Labute approximate surface area is 168 Å². The van der Waals surface area contributed by atoms with Crippen molar-refractivity contribution in [1.82, 2.24) is 4.90 Å². The summed E-state index contributed by atoms with van der Waals surface area (Å²) in [5, 5.41) is 0.519. The van der Waals surface area contributed by atoms with Crippen molar-refractivity contribution in [2.45, 2.75) is 43.4 Å². The molecule has 1 aliphatic carbocycles. The summed E-state index contributed by atoms with van der Waals surface area (Å²) in [6.07, 6.45) is 3.80. The zero-order chi connectivity index (χ0) is 19.2. The third-order valence-electron chi connectivity index (χ3n) is 5.30. The van der Waals surface area contributed by atoms with Gasteiger partial charge in [0.25, 0.3) is 10.0 Å². The van der Waals surface area contributed by atoms with Crippen LogP contribution in [0, 0.1) is 12.8 Å². The maximum absolute atomic E-state index is 12.8. The molecule has 0 saturated heterocycles.